The Bertz CT molecular complexity index is 1130. The standard InChI is InChI=1S/C21H23N5O3/c1-3-5-11-26-19(28)10-9-17(25-26)21(29)23-16-8-6-7-14(12-16)20-22-15(4-2)13-18(27)24-20/h6-10,12-13H,3-5,11H2,1-2H3,(H,23,29)(H,22,24,27). The van der Waals surface area contributed by atoms with Crippen molar-refractivity contribution in [3.05, 3.63) is 74.6 Å². The van der Waals surface area contributed by atoms with Crippen LogP contribution >= 0.6 is 0 Å². The first kappa shape index (κ1) is 20.2. The fraction of sp³-hybridized carbons (Fsp3) is 0.286. The Morgan fingerprint density at radius 1 is 1.14 bits per heavy atom. The van der Waals surface area contributed by atoms with E-state index in [4.69, 9.17) is 0 Å². The van der Waals surface area contributed by atoms with E-state index in [1.165, 1.54) is 22.9 Å². The Morgan fingerprint density at radius 2 is 1.97 bits per heavy atom. The van der Waals surface area contributed by atoms with Crippen molar-refractivity contribution in [2.24, 2.45) is 0 Å². The van der Waals surface area contributed by atoms with Gasteiger partial charge in [0, 0.05) is 35.6 Å². The number of nitrogens with zero attached hydrogens (tertiary/aromatic N) is 3. The molecule has 2 aromatic heterocycles. The van der Waals surface area contributed by atoms with Crippen LogP contribution < -0.4 is 16.4 Å². The Kier molecular flexibility index (Phi) is 6.33. The van der Waals surface area contributed by atoms with Crippen LogP contribution in [0.3, 0.4) is 0 Å². The molecule has 0 bridgehead atoms. The average molecular weight is 393 g/mol. The SMILES string of the molecule is CCCCn1nc(C(=O)Nc2cccc(-c3nc(CC)cc(=O)[nH]3)c2)ccc1=O. The van der Waals surface area contributed by atoms with Gasteiger partial charge in [0.2, 0.25) is 0 Å². The molecule has 1 amide bonds. The Labute approximate surface area is 167 Å². The molecule has 2 N–H and O–H groups in total. The number of hydrogen-bond acceptors (Lipinski definition) is 5. The zero-order chi connectivity index (χ0) is 20.8. The lowest BCUT2D eigenvalue weighted by Gasteiger charge is -2.09. The Morgan fingerprint density at radius 3 is 2.72 bits per heavy atom. The molecule has 0 saturated heterocycles. The monoisotopic (exact) mass is 393 g/mol. The number of anilines is 1. The van der Waals surface area contributed by atoms with Crippen LogP contribution in [0.2, 0.25) is 0 Å². The van der Waals surface area contributed by atoms with E-state index in [-0.39, 0.29) is 16.8 Å². The molecule has 8 heteroatoms. The molecule has 0 fully saturated rings. The molecule has 150 valence electrons. The summed E-state index contributed by atoms with van der Waals surface area (Å²) >= 11 is 0. The number of aromatic amines is 1. The number of carbonyl (C=O) groups excluding carboxylic acids is 1. The predicted octanol–water partition coefficient (Wildman–Crippen LogP) is 2.61. The lowest BCUT2D eigenvalue weighted by molar-refractivity contribution is 0.101. The summed E-state index contributed by atoms with van der Waals surface area (Å²) in [7, 11) is 0. The van der Waals surface area contributed by atoms with Crippen LogP contribution in [0, 0.1) is 0 Å². The van der Waals surface area contributed by atoms with Gasteiger partial charge < -0.3 is 10.3 Å². The number of hydrogen-bond donors (Lipinski definition) is 2. The normalized spacial score (nSPS) is 10.7. The zero-order valence-corrected chi connectivity index (χ0v) is 16.4. The minimum atomic E-state index is -0.420. The van der Waals surface area contributed by atoms with E-state index >= 15 is 0 Å². The largest absolute Gasteiger partial charge is 0.321 e. The molecule has 0 spiro atoms. The third-order valence-electron chi connectivity index (χ3n) is 4.37. The van der Waals surface area contributed by atoms with Gasteiger partial charge in [-0.3, -0.25) is 14.4 Å². The number of aryl methyl sites for hydroxylation is 2. The molecule has 0 aliphatic heterocycles. The van der Waals surface area contributed by atoms with E-state index in [1.807, 2.05) is 13.8 Å². The minimum Gasteiger partial charge on any atom is -0.321 e. The van der Waals surface area contributed by atoms with Crippen molar-refractivity contribution in [2.75, 3.05) is 5.32 Å². The van der Waals surface area contributed by atoms with Gasteiger partial charge in [0.05, 0.1) is 0 Å². The fourth-order valence-electron chi connectivity index (χ4n) is 2.80. The third-order valence-corrected chi connectivity index (χ3v) is 4.37. The minimum absolute atomic E-state index is 0.158. The van der Waals surface area contributed by atoms with Gasteiger partial charge in [-0.2, -0.15) is 5.10 Å². The first-order valence-electron chi connectivity index (χ1n) is 9.60. The summed E-state index contributed by atoms with van der Waals surface area (Å²) < 4.78 is 1.31. The molecule has 0 unspecified atom stereocenters. The number of rotatable bonds is 7. The number of unbranched alkanes of at least 4 members (excludes halogenated alkanes) is 1. The first-order chi connectivity index (χ1) is 14.0. The highest BCUT2D eigenvalue weighted by Gasteiger charge is 2.11. The van der Waals surface area contributed by atoms with Gasteiger partial charge in [0.15, 0.2) is 0 Å². The smallest absolute Gasteiger partial charge is 0.276 e. The van der Waals surface area contributed by atoms with Crippen LogP contribution in [-0.2, 0) is 13.0 Å². The van der Waals surface area contributed by atoms with Gasteiger partial charge in [0.1, 0.15) is 11.5 Å². The van der Waals surface area contributed by atoms with E-state index in [0.29, 0.717) is 35.7 Å². The fourth-order valence-corrected chi connectivity index (χ4v) is 2.80. The summed E-state index contributed by atoms with van der Waals surface area (Å²) in [6.07, 6.45) is 2.38. The predicted molar refractivity (Wildman–Crippen MR) is 111 cm³/mol. The number of benzene rings is 1. The summed E-state index contributed by atoms with van der Waals surface area (Å²) in [4.78, 5) is 43.4. The molecule has 2 heterocycles. The highest BCUT2D eigenvalue weighted by molar-refractivity contribution is 6.02. The van der Waals surface area contributed by atoms with E-state index in [9.17, 15) is 14.4 Å². The zero-order valence-electron chi connectivity index (χ0n) is 16.4. The number of H-pyrrole nitrogens is 1. The topological polar surface area (TPSA) is 110 Å². The van der Waals surface area contributed by atoms with Crippen molar-refractivity contribution in [2.45, 2.75) is 39.7 Å². The van der Waals surface area contributed by atoms with Crippen molar-refractivity contribution in [3.63, 3.8) is 0 Å². The average Bonchev–Trinajstić information content (AvgIpc) is 2.72. The molecule has 3 rings (SSSR count). The molecule has 0 atom stereocenters. The van der Waals surface area contributed by atoms with E-state index < -0.39 is 5.91 Å². The summed E-state index contributed by atoms with van der Waals surface area (Å²) in [5.74, 6) is 0.0212. The summed E-state index contributed by atoms with van der Waals surface area (Å²) in [6, 6.07) is 11.2. The van der Waals surface area contributed by atoms with E-state index in [0.717, 1.165) is 12.8 Å². The van der Waals surface area contributed by atoms with E-state index in [2.05, 4.69) is 20.4 Å². The van der Waals surface area contributed by atoms with Crippen LogP contribution in [0.15, 0.2) is 52.1 Å². The molecule has 0 saturated carbocycles. The highest BCUT2D eigenvalue weighted by Crippen LogP contribution is 2.19. The Hall–Kier alpha value is -3.55. The molecule has 0 radical (unpaired) electrons. The van der Waals surface area contributed by atoms with Crippen LogP contribution in [0.1, 0.15) is 42.9 Å². The van der Waals surface area contributed by atoms with Gasteiger partial charge in [-0.05, 0) is 31.0 Å². The molecule has 0 aliphatic rings. The quantitative estimate of drug-likeness (QED) is 0.641. The van der Waals surface area contributed by atoms with Crippen LogP contribution in [0.25, 0.3) is 11.4 Å². The molecular formula is C21H23N5O3. The highest BCUT2D eigenvalue weighted by atomic mass is 16.2. The summed E-state index contributed by atoms with van der Waals surface area (Å²) in [5.41, 5.74) is 1.60. The first-order valence-corrected chi connectivity index (χ1v) is 9.60. The van der Waals surface area contributed by atoms with E-state index in [1.54, 1.807) is 24.3 Å². The molecule has 3 aromatic rings. The third kappa shape index (κ3) is 5.04. The Balaban J connectivity index is 1.84. The second-order valence-corrected chi connectivity index (χ2v) is 6.61. The van der Waals surface area contributed by atoms with Gasteiger partial charge in [-0.1, -0.05) is 32.4 Å². The number of carbonyl (C=O) groups is 1. The number of aromatic nitrogens is 4. The number of amides is 1. The van der Waals surface area contributed by atoms with Gasteiger partial charge in [-0.25, -0.2) is 9.67 Å². The van der Waals surface area contributed by atoms with Crippen LogP contribution in [0.4, 0.5) is 5.69 Å². The van der Waals surface area contributed by atoms with Crippen molar-refractivity contribution < 1.29 is 4.79 Å². The number of nitrogens with one attached hydrogen (secondary N) is 2. The lowest BCUT2D eigenvalue weighted by Crippen LogP contribution is -2.26. The molecule has 1 aromatic carbocycles. The van der Waals surface area contributed by atoms with Crippen molar-refractivity contribution in [1.29, 1.82) is 0 Å². The maximum absolute atomic E-state index is 12.6. The van der Waals surface area contributed by atoms with Crippen LogP contribution in [0.5, 0.6) is 0 Å². The molecule has 29 heavy (non-hydrogen) atoms. The maximum Gasteiger partial charge on any atom is 0.276 e. The van der Waals surface area contributed by atoms with Crippen LogP contribution in [-0.4, -0.2) is 25.7 Å². The summed E-state index contributed by atoms with van der Waals surface area (Å²) in [5, 5.41) is 6.93. The van der Waals surface area contributed by atoms with Gasteiger partial charge >= 0.3 is 0 Å². The van der Waals surface area contributed by atoms with Gasteiger partial charge in [0.25, 0.3) is 17.0 Å². The van der Waals surface area contributed by atoms with Crippen molar-refractivity contribution in [1.82, 2.24) is 19.7 Å². The van der Waals surface area contributed by atoms with Crippen molar-refractivity contribution in [3.8, 4) is 11.4 Å². The van der Waals surface area contributed by atoms with Gasteiger partial charge in [-0.15, -0.1) is 0 Å². The van der Waals surface area contributed by atoms with Crippen molar-refractivity contribution >= 4 is 11.6 Å². The second kappa shape index (κ2) is 9.09. The molecule has 8 nitrogen and oxygen atoms in total. The second-order valence-electron chi connectivity index (χ2n) is 6.61. The lowest BCUT2D eigenvalue weighted by atomic mass is 10.1. The molecule has 0 aliphatic carbocycles. The summed E-state index contributed by atoms with van der Waals surface area (Å²) in [6.45, 7) is 4.42. The molecular weight excluding hydrogens is 370 g/mol. The maximum atomic E-state index is 12.6.